The molecule has 117 heavy (non-hydrogen) atoms. The Morgan fingerprint density at radius 1 is 0.197 bits per heavy atom. The van der Waals surface area contributed by atoms with Crippen molar-refractivity contribution < 1.29 is 4.74 Å². The first kappa shape index (κ1) is 65.7. The van der Waals surface area contributed by atoms with Gasteiger partial charge in [0.2, 0.25) is 0 Å². The smallest absolute Gasteiger partial charge is 0.256 e. The average Bonchev–Trinajstić information content (AvgIpc) is 1.13. The van der Waals surface area contributed by atoms with Crippen LogP contribution in [0, 0.1) is 0 Å². The van der Waals surface area contributed by atoms with E-state index in [9.17, 15) is 0 Å². The van der Waals surface area contributed by atoms with Crippen molar-refractivity contribution >= 4 is 138 Å². The lowest BCUT2D eigenvalue weighted by atomic mass is 9.28. The highest BCUT2D eigenvalue weighted by molar-refractivity contribution is 7.05. The zero-order chi connectivity index (χ0) is 76.6. The molecule has 18 aromatic rings. The Balaban J connectivity index is 0.784. The van der Waals surface area contributed by atoms with Crippen LogP contribution < -0.4 is 73.5 Å². The van der Waals surface area contributed by atoms with E-state index >= 15 is 0 Å². The molecule has 18 aromatic carbocycles. The third-order valence-corrected chi connectivity index (χ3v) is 26.1. The molecule has 0 radical (unpaired) electrons. The van der Waals surface area contributed by atoms with Crippen LogP contribution in [0.15, 0.2) is 419 Å². The molecule has 6 heterocycles. The van der Waals surface area contributed by atoms with Gasteiger partial charge in [-0.15, -0.1) is 0 Å². The fourth-order valence-electron chi connectivity index (χ4n) is 21.4. The maximum atomic E-state index is 8.23. The van der Waals surface area contributed by atoms with Gasteiger partial charge < -0.3 is 24.3 Å². The van der Waals surface area contributed by atoms with Crippen molar-refractivity contribution in [1.82, 2.24) is 0 Å². The van der Waals surface area contributed by atoms with E-state index in [1.165, 1.54) is 94.4 Å². The molecule has 0 unspecified atom stereocenters. The standard InChI is InChI=1S/C109H69B3N4O/c1-8-33-70(34-9-1)75-61-76(71-35-10-2-11-36-71)63-81(62-75)114-95-56-29-25-52-89(95)112-93-67-92-98(69-102(93)117-103-66-77(65-99(114)104(103)112)74-59-60-87-85(64-74)84-47-22-23-50-86(84)109(87,78-41-16-5-17-42-78)79-43-18-6-19-44-79)116(107-82(72-37-12-3-13-38-72)48-32-49-83(107)73-39-14-4-15-40-73)101-68-100-105-108-106(101)111(92)91-54-27-31-58-97(91)115(108)96-57-30-26-53-90(96)110(105)88-51-24-28-55-94(88)113(100)80-45-20-7-21-46-80/h1-69H. The van der Waals surface area contributed by atoms with Crippen LogP contribution in [0.3, 0.4) is 0 Å². The summed E-state index contributed by atoms with van der Waals surface area (Å²) in [6.45, 7) is -0.609. The molecule has 0 bridgehead atoms. The summed E-state index contributed by atoms with van der Waals surface area (Å²) in [7, 11) is 0. The molecule has 0 amide bonds. The molecular formula is C109H69B3N4O. The number of rotatable bonds is 10. The number of hydrogen-bond acceptors (Lipinski definition) is 5. The molecule has 0 saturated heterocycles. The van der Waals surface area contributed by atoms with E-state index in [0.717, 1.165) is 124 Å². The van der Waals surface area contributed by atoms with E-state index in [-0.39, 0.29) is 20.1 Å². The van der Waals surface area contributed by atoms with E-state index in [0.29, 0.717) is 0 Å². The summed E-state index contributed by atoms with van der Waals surface area (Å²) in [6, 6.07) is 157. The normalized spacial score (nSPS) is 13.8. The molecule has 0 spiro atoms. The number of benzene rings is 18. The van der Waals surface area contributed by atoms with Crippen molar-refractivity contribution in [1.29, 1.82) is 0 Å². The molecule has 540 valence electrons. The second-order valence-corrected chi connectivity index (χ2v) is 32.0. The molecule has 0 saturated carbocycles. The van der Waals surface area contributed by atoms with E-state index in [1.807, 2.05) is 0 Å². The molecule has 5 nitrogen and oxygen atoms in total. The summed E-state index contributed by atoms with van der Waals surface area (Å²) in [5.74, 6) is 1.64. The Kier molecular flexibility index (Phi) is 14.4. The first-order valence-electron chi connectivity index (χ1n) is 40.8. The molecule has 8 heteroatoms. The lowest BCUT2D eigenvalue weighted by Gasteiger charge is -2.51. The molecule has 0 aromatic heterocycles. The Hall–Kier alpha value is -14.8. The highest BCUT2D eigenvalue weighted by Gasteiger charge is 2.54. The summed E-state index contributed by atoms with van der Waals surface area (Å²) < 4.78 is 8.23. The molecule has 0 atom stereocenters. The van der Waals surface area contributed by atoms with Gasteiger partial charge in [0, 0.05) is 79.8 Å². The minimum atomic E-state index is -0.567. The van der Waals surface area contributed by atoms with E-state index in [1.54, 1.807) is 0 Å². The third kappa shape index (κ3) is 9.52. The van der Waals surface area contributed by atoms with Gasteiger partial charge in [0.1, 0.15) is 11.5 Å². The van der Waals surface area contributed by atoms with Crippen LogP contribution in [0.5, 0.6) is 11.5 Å². The third-order valence-electron chi connectivity index (χ3n) is 26.1. The summed E-state index contributed by atoms with van der Waals surface area (Å²) in [6.07, 6.45) is 0. The van der Waals surface area contributed by atoms with Gasteiger partial charge in [0.05, 0.1) is 11.1 Å². The van der Waals surface area contributed by atoms with Gasteiger partial charge in [-0.1, -0.05) is 334 Å². The van der Waals surface area contributed by atoms with Gasteiger partial charge in [-0.05, 0) is 206 Å². The monoisotopic (exact) mass is 1480 g/mol. The number of fused-ring (bicyclic) bond motifs is 17. The zero-order valence-corrected chi connectivity index (χ0v) is 63.8. The van der Waals surface area contributed by atoms with Crippen molar-refractivity contribution in [2.75, 3.05) is 19.6 Å². The Labute approximate surface area is 681 Å². The minimum absolute atomic E-state index is 0.0819. The molecule has 0 fully saturated rings. The number of para-hydroxylation sites is 6. The number of nitrogens with zero attached hydrogens (tertiary/aromatic N) is 4. The summed E-state index contributed by atoms with van der Waals surface area (Å²) in [5, 5.41) is 0. The van der Waals surface area contributed by atoms with E-state index in [2.05, 4.69) is 438 Å². The van der Waals surface area contributed by atoms with Gasteiger partial charge in [0.15, 0.2) is 0 Å². The van der Waals surface area contributed by atoms with Gasteiger partial charge >= 0.3 is 0 Å². The topological polar surface area (TPSA) is 22.2 Å². The van der Waals surface area contributed by atoms with E-state index < -0.39 is 5.41 Å². The minimum Gasteiger partial charge on any atom is -0.458 e. The fraction of sp³-hybridized carbons (Fsp3) is 0.00917. The Morgan fingerprint density at radius 2 is 0.607 bits per heavy atom. The summed E-state index contributed by atoms with van der Waals surface area (Å²) in [5.41, 5.74) is 42.7. The Bertz CT molecular complexity index is 6980. The Morgan fingerprint density at radius 3 is 1.16 bits per heavy atom. The van der Waals surface area contributed by atoms with Gasteiger partial charge in [-0.25, -0.2) is 0 Å². The molecule has 0 N–H and O–H groups in total. The lowest BCUT2D eigenvalue weighted by molar-refractivity contribution is 0.488. The quantitative estimate of drug-likeness (QED) is 0.127. The van der Waals surface area contributed by atoms with Crippen LogP contribution in [0.4, 0.5) is 68.2 Å². The summed E-state index contributed by atoms with van der Waals surface area (Å²) in [4.78, 5) is 10.5. The fourth-order valence-corrected chi connectivity index (χ4v) is 21.4. The second-order valence-electron chi connectivity index (χ2n) is 32.0. The molecule has 7 aliphatic rings. The lowest BCUT2D eigenvalue weighted by Crippen LogP contribution is -2.69. The largest absolute Gasteiger partial charge is 0.458 e. The van der Waals surface area contributed by atoms with Gasteiger partial charge in [-0.3, -0.25) is 0 Å². The SMILES string of the molecule is c1ccc(-c2cc(-c3ccccc3)cc(N3c4ccccc4B4c5cc6c(cc5Oc5cc(-c7ccc8c(c7)-c7ccccc7C8(c7ccccc7)c7ccccc7)cc3c54)N(c3c(-c4ccccc4)cccc3-c3ccccc3)c3cc4c5c7c3B6c3ccccc3N7c3ccccc3B5c3ccccc3N4c3ccccc3)c2)cc1. The predicted molar refractivity (Wildman–Crippen MR) is 490 cm³/mol. The maximum absolute atomic E-state index is 8.23. The van der Waals surface area contributed by atoms with Crippen molar-refractivity contribution in [3.8, 4) is 78.3 Å². The van der Waals surface area contributed by atoms with Crippen molar-refractivity contribution in [3.63, 3.8) is 0 Å². The second kappa shape index (κ2) is 25.6. The summed E-state index contributed by atoms with van der Waals surface area (Å²) >= 11 is 0. The van der Waals surface area contributed by atoms with Gasteiger partial charge in [0.25, 0.3) is 20.1 Å². The first-order chi connectivity index (χ1) is 58.1. The predicted octanol–water partition coefficient (Wildman–Crippen LogP) is 21.5. The van der Waals surface area contributed by atoms with Crippen molar-refractivity contribution in [2.45, 2.75) is 5.41 Å². The van der Waals surface area contributed by atoms with Crippen molar-refractivity contribution in [2.24, 2.45) is 0 Å². The van der Waals surface area contributed by atoms with Crippen LogP contribution in [-0.2, 0) is 5.41 Å². The molecule has 25 rings (SSSR count). The zero-order valence-electron chi connectivity index (χ0n) is 63.8. The van der Waals surface area contributed by atoms with Crippen molar-refractivity contribution in [3.05, 3.63) is 441 Å². The first-order valence-corrected chi connectivity index (χ1v) is 40.8. The van der Waals surface area contributed by atoms with Crippen LogP contribution in [0.2, 0.25) is 0 Å². The molecule has 6 aliphatic heterocycles. The number of hydrogen-bond donors (Lipinski definition) is 0. The number of anilines is 12. The maximum Gasteiger partial charge on any atom is 0.256 e. The van der Waals surface area contributed by atoms with Crippen LogP contribution in [0.25, 0.3) is 66.8 Å². The van der Waals surface area contributed by atoms with Crippen LogP contribution >= 0.6 is 0 Å². The van der Waals surface area contributed by atoms with Gasteiger partial charge in [-0.2, -0.15) is 0 Å². The van der Waals surface area contributed by atoms with Crippen LogP contribution in [-0.4, -0.2) is 20.1 Å². The average molecular weight is 1480 g/mol. The number of ether oxygens (including phenoxy) is 1. The highest BCUT2D eigenvalue weighted by atomic mass is 16.5. The van der Waals surface area contributed by atoms with Crippen LogP contribution in [0.1, 0.15) is 22.3 Å². The highest BCUT2D eigenvalue weighted by Crippen LogP contribution is 2.59. The molecular weight excluding hydrogens is 1410 g/mol. The molecule has 1 aliphatic carbocycles. The van der Waals surface area contributed by atoms with E-state index in [4.69, 9.17) is 4.74 Å².